The van der Waals surface area contributed by atoms with E-state index in [1.807, 2.05) is 18.2 Å². The Labute approximate surface area is 210 Å². The van der Waals surface area contributed by atoms with Gasteiger partial charge in [0.2, 0.25) is 0 Å². The SMILES string of the molecule is COc1c(C#N)ccc(NC(=O)C(C)(O)CN2CC3CC4(Cc5ccc(C#N)cc5)CC(C2)C34)c1F. The molecule has 7 nitrogen and oxygen atoms in total. The summed E-state index contributed by atoms with van der Waals surface area (Å²) in [6, 6.07) is 14.6. The minimum absolute atomic E-state index is 0.0267. The number of carbonyl (C=O) groups excluding carboxylic acids is 1. The summed E-state index contributed by atoms with van der Waals surface area (Å²) in [5.74, 6) is -0.0125. The molecule has 1 aliphatic heterocycles. The zero-order valence-electron chi connectivity index (χ0n) is 20.4. The monoisotopic (exact) mass is 488 g/mol. The van der Waals surface area contributed by atoms with Crippen LogP contribution in [0, 0.1) is 51.6 Å². The number of halogens is 1. The molecule has 186 valence electrons. The first-order chi connectivity index (χ1) is 17.2. The Morgan fingerprint density at radius 1 is 1.19 bits per heavy atom. The number of nitriles is 2. The maximum atomic E-state index is 14.7. The molecule has 3 aliphatic rings. The summed E-state index contributed by atoms with van der Waals surface area (Å²) in [5, 5.41) is 31.6. The molecule has 0 bridgehead atoms. The van der Waals surface area contributed by atoms with E-state index in [-0.39, 0.29) is 23.5 Å². The highest BCUT2D eigenvalue weighted by Gasteiger charge is 2.66. The number of carbonyl (C=O) groups is 1. The van der Waals surface area contributed by atoms with Crippen molar-refractivity contribution in [3.8, 4) is 17.9 Å². The number of nitrogens with zero attached hydrogens (tertiary/aromatic N) is 3. The molecule has 1 amide bonds. The Hall–Kier alpha value is -3.46. The first kappa shape index (κ1) is 24.2. The third-order valence-corrected chi connectivity index (χ3v) is 8.38. The molecular formula is C28H29FN4O3. The van der Waals surface area contributed by atoms with Crippen LogP contribution in [0.15, 0.2) is 36.4 Å². The van der Waals surface area contributed by atoms with Gasteiger partial charge in [-0.1, -0.05) is 12.1 Å². The van der Waals surface area contributed by atoms with Crippen LogP contribution < -0.4 is 10.1 Å². The average molecular weight is 489 g/mol. The molecule has 2 saturated carbocycles. The molecule has 2 N–H and O–H groups in total. The zero-order chi connectivity index (χ0) is 25.7. The summed E-state index contributed by atoms with van der Waals surface area (Å²) >= 11 is 0. The lowest BCUT2D eigenvalue weighted by Crippen LogP contribution is -2.70. The Balaban J connectivity index is 1.19. The van der Waals surface area contributed by atoms with Gasteiger partial charge in [-0.15, -0.1) is 0 Å². The van der Waals surface area contributed by atoms with Gasteiger partial charge in [0.1, 0.15) is 6.07 Å². The number of nitrogens with one attached hydrogen (secondary N) is 1. The molecule has 8 heteroatoms. The largest absolute Gasteiger partial charge is 0.492 e. The summed E-state index contributed by atoms with van der Waals surface area (Å²) in [4.78, 5) is 15.0. The van der Waals surface area contributed by atoms with Crippen molar-refractivity contribution in [1.29, 1.82) is 10.5 Å². The quantitative estimate of drug-likeness (QED) is 0.618. The second-order valence-electron chi connectivity index (χ2n) is 10.8. The number of hydrogen-bond donors (Lipinski definition) is 2. The molecule has 2 aromatic carbocycles. The number of rotatable bonds is 7. The van der Waals surface area contributed by atoms with Crippen molar-refractivity contribution in [1.82, 2.24) is 4.90 Å². The summed E-state index contributed by atoms with van der Waals surface area (Å²) in [6.07, 6.45) is 3.31. The maximum absolute atomic E-state index is 14.7. The van der Waals surface area contributed by atoms with E-state index in [4.69, 9.17) is 15.3 Å². The van der Waals surface area contributed by atoms with Gasteiger partial charge in [0.05, 0.1) is 30.0 Å². The fourth-order valence-electron chi connectivity index (χ4n) is 7.01. The van der Waals surface area contributed by atoms with Crippen molar-refractivity contribution in [2.45, 2.75) is 31.8 Å². The predicted molar refractivity (Wildman–Crippen MR) is 130 cm³/mol. The minimum atomic E-state index is -1.71. The van der Waals surface area contributed by atoms with E-state index in [1.54, 1.807) is 0 Å². The van der Waals surface area contributed by atoms with E-state index < -0.39 is 17.3 Å². The molecule has 0 spiro atoms. The van der Waals surface area contributed by atoms with Crippen LogP contribution in [-0.2, 0) is 11.2 Å². The van der Waals surface area contributed by atoms with Gasteiger partial charge in [-0.25, -0.2) is 4.39 Å². The molecule has 36 heavy (non-hydrogen) atoms. The molecule has 3 unspecified atom stereocenters. The number of β-amino-alcohol motifs (C(OH)–C–C–N with tert-alkyl or cyclic N) is 1. The number of benzene rings is 2. The molecule has 3 fully saturated rings. The van der Waals surface area contributed by atoms with E-state index in [1.165, 1.54) is 31.7 Å². The number of anilines is 1. The predicted octanol–water partition coefficient (Wildman–Crippen LogP) is 3.47. The number of aliphatic hydroxyl groups is 1. The van der Waals surface area contributed by atoms with Crippen LogP contribution in [-0.4, -0.2) is 48.3 Å². The summed E-state index contributed by atoms with van der Waals surface area (Å²) < 4.78 is 19.7. The van der Waals surface area contributed by atoms with Crippen molar-refractivity contribution in [3.63, 3.8) is 0 Å². The normalized spacial score (nSPS) is 27.8. The third-order valence-electron chi connectivity index (χ3n) is 8.38. The number of amides is 1. The lowest BCUT2D eigenvalue weighted by Gasteiger charge is -2.72. The van der Waals surface area contributed by atoms with Crippen molar-refractivity contribution in [3.05, 3.63) is 58.9 Å². The average Bonchev–Trinajstić information content (AvgIpc) is 2.83. The molecule has 3 atom stereocenters. The number of ether oxygens (including phenoxy) is 1. The maximum Gasteiger partial charge on any atom is 0.257 e. The molecule has 0 radical (unpaired) electrons. The number of likely N-dealkylation sites (tertiary alicyclic amines) is 1. The second-order valence-corrected chi connectivity index (χ2v) is 10.8. The van der Waals surface area contributed by atoms with Crippen molar-refractivity contribution >= 4 is 11.6 Å². The highest BCUT2D eigenvalue weighted by molar-refractivity contribution is 5.97. The van der Waals surface area contributed by atoms with Crippen LogP contribution in [0.4, 0.5) is 10.1 Å². The lowest BCUT2D eigenvalue weighted by molar-refractivity contribution is -0.226. The first-order valence-corrected chi connectivity index (χ1v) is 12.2. The van der Waals surface area contributed by atoms with E-state index in [0.717, 1.165) is 32.4 Å². The van der Waals surface area contributed by atoms with Gasteiger partial charge in [0.15, 0.2) is 17.2 Å². The summed E-state index contributed by atoms with van der Waals surface area (Å²) in [5.41, 5.74) is 0.480. The van der Waals surface area contributed by atoms with Crippen LogP contribution in [0.2, 0.25) is 0 Å². The molecule has 2 aliphatic carbocycles. The van der Waals surface area contributed by atoms with Gasteiger partial charge in [-0.3, -0.25) is 9.69 Å². The fraction of sp³-hybridized carbons (Fsp3) is 0.464. The molecule has 2 aromatic rings. The summed E-state index contributed by atoms with van der Waals surface area (Å²) in [7, 11) is 1.25. The highest BCUT2D eigenvalue weighted by Crippen LogP contribution is 2.70. The van der Waals surface area contributed by atoms with Gasteiger partial charge in [-0.2, -0.15) is 10.5 Å². The van der Waals surface area contributed by atoms with Gasteiger partial charge in [0, 0.05) is 19.6 Å². The van der Waals surface area contributed by atoms with Gasteiger partial charge < -0.3 is 15.2 Å². The van der Waals surface area contributed by atoms with Gasteiger partial charge in [0.25, 0.3) is 5.91 Å². The Kier molecular flexibility index (Phi) is 5.98. The summed E-state index contributed by atoms with van der Waals surface area (Å²) in [6.45, 7) is 3.28. The number of piperidine rings is 1. The van der Waals surface area contributed by atoms with Gasteiger partial charge in [-0.05, 0) is 79.2 Å². The highest BCUT2D eigenvalue weighted by atomic mass is 19.1. The Bertz CT molecular complexity index is 1260. The van der Waals surface area contributed by atoms with Crippen molar-refractivity contribution in [2.75, 3.05) is 32.1 Å². The molecule has 1 heterocycles. The molecule has 0 aromatic heterocycles. The van der Waals surface area contributed by atoms with E-state index in [2.05, 4.69) is 28.4 Å². The topological polar surface area (TPSA) is 109 Å². The van der Waals surface area contributed by atoms with Gasteiger partial charge >= 0.3 is 0 Å². The molecule has 1 saturated heterocycles. The lowest BCUT2D eigenvalue weighted by atomic mass is 9.36. The Morgan fingerprint density at radius 3 is 2.44 bits per heavy atom. The smallest absolute Gasteiger partial charge is 0.257 e. The number of hydrogen-bond acceptors (Lipinski definition) is 6. The first-order valence-electron chi connectivity index (χ1n) is 12.2. The van der Waals surface area contributed by atoms with Crippen molar-refractivity contribution < 1.29 is 19.0 Å². The van der Waals surface area contributed by atoms with E-state index in [9.17, 15) is 14.3 Å². The van der Waals surface area contributed by atoms with Crippen LogP contribution in [0.1, 0.15) is 36.5 Å². The Morgan fingerprint density at radius 2 is 1.86 bits per heavy atom. The van der Waals surface area contributed by atoms with Crippen LogP contribution in [0.3, 0.4) is 0 Å². The van der Waals surface area contributed by atoms with Crippen LogP contribution in [0.5, 0.6) is 5.75 Å². The van der Waals surface area contributed by atoms with Crippen molar-refractivity contribution in [2.24, 2.45) is 23.2 Å². The van der Waals surface area contributed by atoms with E-state index >= 15 is 0 Å². The fourth-order valence-corrected chi connectivity index (χ4v) is 7.01. The van der Waals surface area contributed by atoms with Crippen LogP contribution >= 0.6 is 0 Å². The second kappa shape index (κ2) is 8.89. The standard InChI is InChI=1S/C28H29FN4O3/c1-27(35,26(34)32-22-8-7-19(13-31)25(36-2)24(22)29)16-33-14-20-10-28(11-21(15-33)23(20)28)9-17-3-5-18(12-30)6-4-17/h3-8,20-21,23,35H,9-11,14-16H2,1-2H3,(H,32,34). The minimum Gasteiger partial charge on any atom is -0.492 e. The molecule has 5 rings (SSSR count). The van der Waals surface area contributed by atoms with E-state index in [0.29, 0.717) is 28.7 Å². The number of methoxy groups -OCH3 is 1. The molecular weight excluding hydrogens is 459 g/mol. The zero-order valence-corrected chi connectivity index (χ0v) is 20.4. The third kappa shape index (κ3) is 4.01. The van der Waals surface area contributed by atoms with Crippen LogP contribution in [0.25, 0.3) is 0 Å².